The topological polar surface area (TPSA) is 104 Å². The van der Waals surface area contributed by atoms with Crippen molar-refractivity contribution in [2.45, 2.75) is 51.2 Å². The molecule has 4 saturated carbocycles. The number of ether oxygens (including phenoxy) is 1. The molecule has 9 atom stereocenters. The van der Waals surface area contributed by atoms with E-state index in [1.165, 1.54) is 0 Å². The molecule has 1 aliphatic heterocycles. The van der Waals surface area contributed by atoms with Crippen molar-refractivity contribution in [1.82, 2.24) is 0 Å². The number of aliphatic carboxylic acids is 1. The molecular formula is C20H26O6. The quantitative estimate of drug-likeness (QED) is 0.481. The third kappa shape index (κ3) is 1.55. The molecule has 0 aromatic heterocycles. The molecule has 4 aliphatic carbocycles. The van der Waals surface area contributed by atoms with E-state index in [9.17, 15) is 24.9 Å². The minimum atomic E-state index is -1.38. The number of cyclic esters (lactones) is 1. The zero-order valence-corrected chi connectivity index (χ0v) is 15.0. The molecule has 1 spiro atoms. The van der Waals surface area contributed by atoms with E-state index in [1.54, 1.807) is 6.92 Å². The van der Waals surface area contributed by atoms with E-state index in [0.29, 0.717) is 18.8 Å². The fourth-order valence-corrected chi connectivity index (χ4v) is 8.20. The number of carbonyl (C=O) groups excluding carboxylic acids is 1. The molecule has 3 N–H and O–H groups in total. The molecule has 1 heterocycles. The first-order valence-electron chi connectivity index (χ1n) is 9.62. The number of carboxylic acid groups (broad SMARTS) is 1. The molecule has 5 fully saturated rings. The maximum absolute atomic E-state index is 12.8. The summed E-state index contributed by atoms with van der Waals surface area (Å²) in [7, 11) is 0. The van der Waals surface area contributed by atoms with Gasteiger partial charge in [0, 0.05) is 11.3 Å². The van der Waals surface area contributed by atoms with E-state index in [0.717, 1.165) is 24.8 Å². The smallest absolute Gasteiger partial charge is 0.314 e. The van der Waals surface area contributed by atoms with Gasteiger partial charge in [0.1, 0.15) is 0 Å². The van der Waals surface area contributed by atoms with Gasteiger partial charge in [-0.25, -0.2) is 0 Å². The monoisotopic (exact) mass is 362 g/mol. The molecule has 0 radical (unpaired) electrons. The van der Waals surface area contributed by atoms with Crippen LogP contribution in [0.15, 0.2) is 12.2 Å². The molecule has 6 heteroatoms. The lowest BCUT2D eigenvalue weighted by Crippen LogP contribution is -2.67. The average Bonchev–Trinajstić information content (AvgIpc) is 2.98. The summed E-state index contributed by atoms with van der Waals surface area (Å²) in [5.41, 5.74) is -1.26. The largest absolute Gasteiger partial charge is 0.481 e. The second kappa shape index (κ2) is 4.71. The van der Waals surface area contributed by atoms with Crippen molar-refractivity contribution in [2.24, 2.45) is 39.9 Å². The van der Waals surface area contributed by atoms with E-state index < -0.39 is 52.2 Å². The summed E-state index contributed by atoms with van der Waals surface area (Å²) in [5.74, 6) is -2.26. The van der Waals surface area contributed by atoms with Gasteiger partial charge >= 0.3 is 11.9 Å². The van der Waals surface area contributed by atoms with E-state index in [-0.39, 0.29) is 12.5 Å². The number of rotatable bonds is 1. The van der Waals surface area contributed by atoms with Gasteiger partial charge in [0.15, 0.2) is 0 Å². The summed E-state index contributed by atoms with van der Waals surface area (Å²) in [4.78, 5) is 25.3. The molecule has 0 aromatic rings. The van der Waals surface area contributed by atoms with Gasteiger partial charge in [0.05, 0.1) is 30.1 Å². The third-order valence-corrected chi connectivity index (χ3v) is 8.92. The van der Waals surface area contributed by atoms with Gasteiger partial charge in [0.25, 0.3) is 0 Å². The number of aliphatic hydroxyl groups is 2. The molecule has 4 bridgehead atoms. The lowest BCUT2D eigenvalue weighted by atomic mass is 9.49. The van der Waals surface area contributed by atoms with Crippen LogP contribution in [-0.4, -0.2) is 46.1 Å². The predicted octanol–water partition coefficient (Wildman–Crippen LogP) is 1.35. The number of hydrogen-bond donors (Lipinski definition) is 3. The molecule has 0 unspecified atom stereocenters. The Kier molecular flexibility index (Phi) is 3.03. The zero-order chi connectivity index (χ0) is 18.6. The number of esters is 1. The Morgan fingerprint density at radius 2 is 1.96 bits per heavy atom. The second-order valence-corrected chi connectivity index (χ2v) is 9.70. The second-order valence-electron chi connectivity index (χ2n) is 9.70. The summed E-state index contributed by atoms with van der Waals surface area (Å²) < 4.78 is 5.55. The minimum absolute atomic E-state index is 0.0752. The highest BCUT2D eigenvalue weighted by molar-refractivity contribution is 5.83. The summed E-state index contributed by atoms with van der Waals surface area (Å²) in [6.07, 6.45) is 1.30. The number of hydrogen-bond acceptors (Lipinski definition) is 5. The average molecular weight is 362 g/mol. The Bertz CT molecular complexity index is 732. The molecule has 1 saturated heterocycles. The van der Waals surface area contributed by atoms with Gasteiger partial charge in [-0.15, -0.1) is 0 Å². The van der Waals surface area contributed by atoms with E-state index in [1.807, 2.05) is 0 Å². The molecule has 0 aromatic carbocycles. The van der Waals surface area contributed by atoms with Crippen LogP contribution in [0.4, 0.5) is 0 Å². The van der Waals surface area contributed by atoms with Gasteiger partial charge in [0.2, 0.25) is 0 Å². The van der Waals surface area contributed by atoms with Gasteiger partial charge in [-0.1, -0.05) is 12.2 Å². The first-order valence-corrected chi connectivity index (χ1v) is 9.62. The lowest BCUT2D eigenvalue weighted by molar-refractivity contribution is -0.241. The molecule has 26 heavy (non-hydrogen) atoms. The summed E-state index contributed by atoms with van der Waals surface area (Å²) in [5, 5.41) is 31.6. The fraction of sp³-hybridized carbons (Fsp3) is 0.800. The first kappa shape index (κ1) is 16.8. The Labute approximate surface area is 152 Å². The Morgan fingerprint density at radius 1 is 1.23 bits per heavy atom. The minimum Gasteiger partial charge on any atom is -0.481 e. The van der Waals surface area contributed by atoms with Crippen LogP contribution in [0.1, 0.15) is 39.0 Å². The van der Waals surface area contributed by atoms with Gasteiger partial charge in [-0.05, 0) is 56.3 Å². The Balaban J connectivity index is 1.77. The van der Waals surface area contributed by atoms with Crippen LogP contribution in [0, 0.1) is 39.9 Å². The third-order valence-electron chi connectivity index (χ3n) is 8.92. The molecule has 142 valence electrons. The van der Waals surface area contributed by atoms with E-state index in [4.69, 9.17) is 4.74 Å². The van der Waals surface area contributed by atoms with Crippen molar-refractivity contribution < 1.29 is 29.6 Å². The van der Waals surface area contributed by atoms with Crippen LogP contribution in [-0.2, 0) is 14.3 Å². The number of carboxylic acids is 1. The first-order chi connectivity index (χ1) is 12.2. The van der Waals surface area contributed by atoms with Crippen LogP contribution in [0.25, 0.3) is 0 Å². The van der Waals surface area contributed by atoms with Crippen molar-refractivity contribution in [3.63, 3.8) is 0 Å². The number of carbonyl (C=O) groups is 2. The van der Waals surface area contributed by atoms with Crippen molar-refractivity contribution >= 4 is 11.9 Å². The number of fused-ring (bicyclic) bond motifs is 1. The highest BCUT2D eigenvalue weighted by Crippen LogP contribution is 2.78. The maximum Gasteiger partial charge on any atom is 0.314 e. The molecule has 5 aliphatic rings. The maximum atomic E-state index is 12.8. The Morgan fingerprint density at radius 3 is 2.65 bits per heavy atom. The van der Waals surface area contributed by atoms with Gasteiger partial charge in [-0.3, -0.25) is 9.59 Å². The molecule has 6 nitrogen and oxygen atoms in total. The SMILES string of the molecule is C=C1C[C@@]23C[C@@H]1CC[C@@H]2[C@@]12COC(=O)[C@@](C)([C@@H](O)[C@@H](O)C1)[C@H]2[C@@H]3C(=O)O. The van der Waals surface area contributed by atoms with Gasteiger partial charge < -0.3 is 20.1 Å². The number of aliphatic hydroxyl groups excluding tert-OH is 2. The summed E-state index contributed by atoms with van der Waals surface area (Å²) in [6.45, 7) is 5.98. The highest BCUT2D eigenvalue weighted by atomic mass is 16.5. The number of allylic oxidation sites excluding steroid dienone is 1. The molecule has 0 amide bonds. The van der Waals surface area contributed by atoms with Crippen molar-refractivity contribution in [3.8, 4) is 0 Å². The van der Waals surface area contributed by atoms with Crippen LogP contribution < -0.4 is 0 Å². The van der Waals surface area contributed by atoms with Crippen molar-refractivity contribution in [1.29, 1.82) is 0 Å². The summed E-state index contributed by atoms with van der Waals surface area (Å²) >= 11 is 0. The lowest BCUT2D eigenvalue weighted by Gasteiger charge is -2.58. The zero-order valence-electron chi connectivity index (χ0n) is 15.0. The fourth-order valence-electron chi connectivity index (χ4n) is 8.20. The van der Waals surface area contributed by atoms with Crippen LogP contribution in [0.3, 0.4) is 0 Å². The normalized spacial score (nSPS) is 57.3. The van der Waals surface area contributed by atoms with E-state index >= 15 is 0 Å². The standard InChI is InChI=1S/C20H26O6/c1-9-5-19-6-10(9)3-4-12(19)20-7-11(21)15(22)18(2,17(25)26-8-20)14(20)13(19)16(23)24/h10-15,21-22H,1,3-8H2,2H3,(H,23,24)/t10-,11-,12-,13+,14+,15-,18+,19+,20-/m0/s1. The molecule has 5 rings (SSSR count). The predicted molar refractivity (Wildman–Crippen MR) is 89.8 cm³/mol. The van der Waals surface area contributed by atoms with Crippen molar-refractivity contribution in [3.05, 3.63) is 12.2 Å². The summed E-state index contributed by atoms with van der Waals surface area (Å²) in [6, 6.07) is 0. The van der Waals surface area contributed by atoms with Gasteiger partial charge in [-0.2, -0.15) is 0 Å². The van der Waals surface area contributed by atoms with Crippen LogP contribution in [0.5, 0.6) is 0 Å². The highest BCUT2D eigenvalue weighted by Gasteiger charge is 2.80. The molecular weight excluding hydrogens is 336 g/mol. The van der Waals surface area contributed by atoms with Crippen LogP contribution >= 0.6 is 0 Å². The Hall–Kier alpha value is -1.40. The van der Waals surface area contributed by atoms with Crippen molar-refractivity contribution in [2.75, 3.05) is 6.61 Å². The van der Waals surface area contributed by atoms with Crippen LogP contribution in [0.2, 0.25) is 0 Å². The van der Waals surface area contributed by atoms with E-state index in [2.05, 4.69) is 6.58 Å².